The number of amides is 1. The van der Waals surface area contributed by atoms with E-state index in [4.69, 9.17) is 4.74 Å². The maximum absolute atomic E-state index is 11.1. The van der Waals surface area contributed by atoms with Crippen molar-refractivity contribution in [1.29, 1.82) is 0 Å². The third kappa shape index (κ3) is 2.08. The van der Waals surface area contributed by atoms with E-state index in [0.717, 1.165) is 29.9 Å². The SMILES string of the molecule is COC1=CCc2cccc(NC(C)=O)c2C1. The molecule has 1 aromatic carbocycles. The van der Waals surface area contributed by atoms with Crippen LogP contribution in [0.2, 0.25) is 0 Å². The van der Waals surface area contributed by atoms with Crippen LogP contribution in [0.1, 0.15) is 18.1 Å². The number of carbonyl (C=O) groups excluding carboxylic acids is 1. The van der Waals surface area contributed by atoms with Crippen LogP contribution in [-0.4, -0.2) is 13.0 Å². The highest BCUT2D eigenvalue weighted by Gasteiger charge is 2.15. The third-order valence-corrected chi connectivity index (χ3v) is 2.75. The smallest absolute Gasteiger partial charge is 0.221 e. The second-order valence-corrected chi connectivity index (χ2v) is 3.88. The number of carbonyl (C=O) groups is 1. The molecule has 16 heavy (non-hydrogen) atoms. The number of nitrogens with one attached hydrogen (secondary N) is 1. The van der Waals surface area contributed by atoms with Crippen LogP contribution in [0, 0.1) is 0 Å². The van der Waals surface area contributed by atoms with Gasteiger partial charge in [-0.05, 0) is 29.7 Å². The van der Waals surface area contributed by atoms with Gasteiger partial charge in [-0.2, -0.15) is 0 Å². The molecule has 0 unspecified atom stereocenters. The van der Waals surface area contributed by atoms with E-state index < -0.39 is 0 Å². The quantitative estimate of drug-likeness (QED) is 0.825. The van der Waals surface area contributed by atoms with Crippen molar-refractivity contribution >= 4 is 11.6 Å². The standard InChI is InChI=1S/C13H15NO2/c1-9(15)14-13-5-3-4-10-6-7-11(16-2)8-12(10)13/h3-5,7H,6,8H2,1-2H3,(H,14,15). The Morgan fingerprint density at radius 2 is 2.25 bits per heavy atom. The Morgan fingerprint density at radius 1 is 1.44 bits per heavy atom. The fourth-order valence-corrected chi connectivity index (χ4v) is 1.97. The lowest BCUT2D eigenvalue weighted by molar-refractivity contribution is -0.114. The van der Waals surface area contributed by atoms with E-state index in [1.165, 1.54) is 12.5 Å². The molecule has 1 N–H and O–H groups in total. The van der Waals surface area contributed by atoms with E-state index in [2.05, 4.69) is 17.5 Å². The van der Waals surface area contributed by atoms with Crippen LogP contribution in [0.15, 0.2) is 30.0 Å². The van der Waals surface area contributed by atoms with Gasteiger partial charge >= 0.3 is 0 Å². The molecule has 0 spiro atoms. The van der Waals surface area contributed by atoms with Crippen molar-refractivity contribution < 1.29 is 9.53 Å². The second-order valence-electron chi connectivity index (χ2n) is 3.88. The van der Waals surface area contributed by atoms with Gasteiger partial charge in [0.15, 0.2) is 0 Å². The lowest BCUT2D eigenvalue weighted by atomic mass is 9.94. The molecule has 3 nitrogen and oxygen atoms in total. The van der Waals surface area contributed by atoms with Crippen LogP contribution in [-0.2, 0) is 22.4 Å². The molecule has 0 saturated heterocycles. The molecule has 0 saturated carbocycles. The van der Waals surface area contributed by atoms with Crippen LogP contribution < -0.4 is 5.32 Å². The van der Waals surface area contributed by atoms with Crippen molar-refractivity contribution in [2.24, 2.45) is 0 Å². The molecule has 3 heteroatoms. The van der Waals surface area contributed by atoms with Crippen LogP contribution in [0.4, 0.5) is 5.69 Å². The molecule has 0 heterocycles. The van der Waals surface area contributed by atoms with E-state index in [1.54, 1.807) is 7.11 Å². The van der Waals surface area contributed by atoms with Crippen LogP contribution in [0.3, 0.4) is 0 Å². The maximum Gasteiger partial charge on any atom is 0.221 e. The van der Waals surface area contributed by atoms with Gasteiger partial charge in [-0.1, -0.05) is 12.1 Å². The summed E-state index contributed by atoms with van der Waals surface area (Å²) in [6, 6.07) is 5.98. The molecular weight excluding hydrogens is 202 g/mol. The molecular formula is C13H15NO2. The summed E-state index contributed by atoms with van der Waals surface area (Å²) in [5.74, 6) is 0.923. The molecule has 2 rings (SSSR count). The summed E-state index contributed by atoms with van der Waals surface area (Å²) in [4.78, 5) is 11.1. The van der Waals surface area contributed by atoms with Gasteiger partial charge in [0.05, 0.1) is 12.9 Å². The van der Waals surface area contributed by atoms with Gasteiger partial charge in [0.2, 0.25) is 5.91 Å². The number of ether oxygens (including phenoxy) is 1. The van der Waals surface area contributed by atoms with Crippen molar-refractivity contribution in [3.63, 3.8) is 0 Å². The van der Waals surface area contributed by atoms with Gasteiger partial charge in [0.1, 0.15) is 0 Å². The highest BCUT2D eigenvalue weighted by atomic mass is 16.5. The molecule has 0 bridgehead atoms. The number of anilines is 1. The third-order valence-electron chi connectivity index (χ3n) is 2.75. The lowest BCUT2D eigenvalue weighted by Crippen LogP contribution is -2.12. The maximum atomic E-state index is 11.1. The highest BCUT2D eigenvalue weighted by molar-refractivity contribution is 5.89. The molecule has 1 aliphatic carbocycles. The van der Waals surface area contributed by atoms with Crippen molar-refractivity contribution in [3.8, 4) is 0 Å². The van der Waals surface area contributed by atoms with Crippen molar-refractivity contribution in [2.75, 3.05) is 12.4 Å². The summed E-state index contributed by atoms with van der Waals surface area (Å²) in [7, 11) is 1.68. The molecule has 0 atom stereocenters. The van der Waals surface area contributed by atoms with Gasteiger partial charge < -0.3 is 10.1 Å². The van der Waals surface area contributed by atoms with Gasteiger partial charge in [-0.25, -0.2) is 0 Å². The largest absolute Gasteiger partial charge is 0.501 e. The van der Waals surface area contributed by atoms with Crippen LogP contribution in [0.25, 0.3) is 0 Å². The number of fused-ring (bicyclic) bond motifs is 1. The monoisotopic (exact) mass is 217 g/mol. The summed E-state index contributed by atoms with van der Waals surface area (Å²) >= 11 is 0. The summed E-state index contributed by atoms with van der Waals surface area (Å²) in [6.07, 6.45) is 3.70. The minimum atomic E-state index is -0.0399. The second kappa shape index (κ2) is 4.39. The normalized spacial score (nSPS) is 13.8. The van der Waals surface area contributed by atoms with Crippen molar-refractivity contribution in [2.45, 2.75) is 19.8 Å². The zero-order valence-electron chi connectivity index (χ0n) is 9.54. The van der Waals surface area contributed by atoms with Gasteiger partial charge in [0.25, 0.3) is 0 Å². The Balaban J connectivity index is 2.34. The van der Waals surface area contributed by atoms with Crippen molar-refractivity contribution in [1.82, 2.24) is 0 Å². The zero-order valence-corrected chi connectivity index (χ0v) is 9.54. The minimum Gasteiger partial charge on any atom is -0.501 e. The molecule has 84 valence electrons. The first kappa shape index (κ1) is 10.7. The fraction of sp³-hybridized carbons (Fsp3) is 0.308. The first-order valence-corrected chi connectivity index (χ1v) is 5.32. The molecule has 0 aliphatic heterocycles. The molecule has 0 radical (unpaired) electrons. The molecule has 1 aromatic rings. The van der Waals surface area contributed by atoms with Gasteiger partial charge in [-0.15, -0.1) is 0 Å². The van der Waals surface area contributed by atoms with Gasteiger partial charge in [-0.3, -0.25) is 4.79 Å². The Kier molecular flexibility index (Phi) is 2.95. The van der Waals surface area contributed by atoms with E-state index in [1.807, 2.05) is 12.1 Å². The summed E-state index contributed by atoms with van der Waals surface area (Å²) in [5.41, 5.74) is 3.32. The Morgan fingerprint density at radius 3 is 2.94 bits per heavy atom. The molecule has 0 aromatic heterocycles. The van der Waals surface area contributed by atoms with Crippen molar-refractivity contribution in [3.05, 3.63) is 41.2 Å². The number of allylic oxidation sites excluding steroid dienone is 2. The number of hydrogen-bond donors (Lipinski definition) is 1. The van der Waals surface area contributed by atoms with E-state index >= 15 is 0 Å². The molecule has 1 aliphatic rings. The molecule has 1 amide bonds. The van der Waals surface area contributed by atoms with E-state index in [0.29, 0.717) is 0 Å². The zero-order chi connectivity index (χ0) is 11.5. The first-order valence-electron chi connectivity index (χ1n) is 5.32. The van der Waals surface area contributed by atoms with Crippen LogP contribution in [0.5, 0.6) is 0 Å². The first-order chi connectivity index (χ1) is 7.70. The number of methoxy groups -OCH3 is 1. The topological polar surface area (TPSA) is 38.3 Å². The summed E-state index contributed by atoms with van der Waals surface area (Å²) in [6.45, 7) is 1.52. The fourth-order valence-electron chi connectivity index (χ4n) is 1.97. The minimum absolute atomic E-state index is 0.0399. The lowest BCUT2D eigenvalue weighted by Gasteiger charge is -2.19. The van der Waals surface area contributed by atoms with E-state index in [-0.39, 0.29) is 5.91 Å². The van der Waals surface area contributed by atoms with Gasteiger partial charge in [0, 0.05) is 19.0 Å². The summed E-state index contributed by atoms with van der Waals surface area (Å²) < 4.78 is 5.26. The Hall–Kier alpha value is -1.77. The Bertz CT molecular complexity index is 449. The number of hydrogen-bond acceptors (Lipinski definition) is 2. The predicted octanol–water partition coefficient (Wildman–Crippen LogP) is 2.27. The van der Waals surface area contributed by atoms with Crippen LogP contribution >= 0.6 is 0 Å². The average Bonchev–Trinajstić information content (AvgIpc) is 2.28. The predicted molar refractivity (Wildman–Crippen MR) is 63.2 cm³/mol. The average molecular weight is 217 g/mol. The Labute approximate surface area is 95.1 Å². The molecule has 0 fully saturated rings. The highest BCUT2D eigenvalue weighted by Crippen LogP contribution is 2.28. The number of benzene rings is 1. The summed E-state index contributed by atoms with van der Waals surface area (Å²) in [5, 5.41) is 2.86. The van der Waals surface area contributed by atoms with E-state index in [9.17, 15) is 4.79 Å². The number of rotatable bonds is 2.